The van der Waals surface area contributed by atoms with Gasteiger partial charge in [0.05, 0.1) is 5.69 Å². The molecule has 0 aliphatic carbocycles. The number of nitrogens with one attached hydrogen (secondary N) is 1. The molecule has 1 aliphatic rings. The van der Waals surface area contributed by atoms with E-state index in [0.717, 1.165) is 27.4 Å². The van der Waals surface area contributed by atoms with E-state index in [4.69, 9.17) is 4.74 Å². The molecule has 2 heteroatoms. The van der Waals surface area contributed by atoms with Crippen LogP contribution in [0.5, 0.6) is 5.75 Å². The SMILES string of the molecule is C=c1c(C)cccccc2c(c1=C)NC(C(C)(C)C)O2. The van der Waals surface area contributed by atoms with Crippen molar-refractivity contribution in [2.45, 2.75) is 33.9 Å². The molecule has 0 amide bonds. The Hall–Kier alpha value is -1.96. The van der Waals surface area contributed by atoms with Crippen LogP contribution < -0.4 is 20.5 Å². The maximum Gasteiger partial charge on any atom is 0.175 e. The molecule has 1 aromatic rings. The van der Waals surface area contributed by atoms with E-state index in [1.54, 1.807) is 0 Å². The van der Waals surface area contributed by atoms with Crippen molar-refractivity contribution in [3.63, 3.8) is 0 Å². The predicted octanol–water partition coefficient (Wildman–Crippen LogP) is 3.12. The molecule has 1 N–H and O–H groups in total. The van der Waals surface area contributed by atoms with Crippen molar-refractivity contribution < 1.29 is 4.74 Å². The van der Waals surface area contributed by atoms with Gasteiger partial charge in [-0.05, 0) is 23.8 Å². The van der Waals surface area contributed by atoms with Crippen LogP contribution in [-0.4, -0.2) is 6.23 Å². The van der Waals surface area contributed by atoms with Gasteiger partial charge in [-0.15, -0.1) is 0 Å². The third kappa shape index (κ3) is 2.79. The molecule has 0 aromatic heterocycles. The molecule has 2 nitrogen and oxygen atoms in total. The van der Waals surface area contributed by atoms with Crippen LogP contribution in [0, 0.1) is 12.3 Å². The van der Waals surface area contributed by atoms with Crippen molar-refractivity contribution in [2.75, 3.05) is 5.32 Å². The average Bonchev–Trinajstić information content (AvgIpc) is 2.79. The third-order valence-corrected chi connectivity index (χ3v) is 3.51. The second-order valence-corrected chi connectivity index (χ2v) is 6.30. The number of hydrogen-bond acceptors (Lipinski definition) is 2. The zero-order chi connectivity index (χ0) is 14.9. The molecule has 0 fully saturated rings. The second-order valence-electron chi connectivity index (χ2n) is 6.30. The van der Waals surface area contributed by atoms with E-state index >= 15 is 0 Å². The molecule has 106 valence electrons. The minimum absolute atomic E-state index is 0.00333. The number of hydrogen-bond donors (Lipinski definition) is 1. The van der Waals surface area contributed by atoms with Crippen molar-refractivity contribution in [1.82, 2.24) is 0 Å². The van der Waals surface area contributed by atoms with Gasteiger partial charge < -0.3 is 10.1 Å². The fourth-order valence-corrected chi connectivity index (χ4v) is 2.07. The first-order valence-corrected chi connectivity index (χ1v) is 6.88. The summed E-state index contributed by atoms with van der Waals surface area (Å²) in [5.41, 5.74) is 2.05. The van der Waals surface area contributed by atoms with Gasteiger partial charge in [-0.3, -0.25) is 0 Å². The van der Waals surface area contributed by atoms with Crippen LogP contribution in [0.15, 0.2) is 30.3 Å². The van der Waals surface area contributed by atoms with Crippen molar-refractivity contribution in [2.24, 2.45) is 5.41 Å². The van der Waals surface area contributed by atoms with Crippen LogP contribution in [0.1, 0.15) is 26.3 Å². The quantitative estimate of drug-likeness (QED) is 0.781. The summed E-state index contributed by atoms with van der Waals surface area (Å²) in [4.78, 5) is 0. The predicted molar refractivity (Wildman–Crippen MR) is 86.6 cm³/mol. The van der Waals surface area contributed by atoms with Crippen LogP contribution in [-0.2, 0) is 0 Å². The molecule has 1 aliphatic heterocycles. The van der Waals surface area contributed by atoms with E-state index < -0.39 is 0 Å². The Morgan fingerprint density at radius 2 is 1.70 bits per heavy atom. The molecule has 0 spiro atoms. The van der Waals surface area contributed by atoms with Crippen LogP contribution in [0.2, 0.25) is 0 Å². The summed E-state index contributed by atoms with van der Waals surface area (Å²) in [6.45, 7) is 16.8. The summed E-state index contributed by atoms with van der Waals surface area (Å²) in [6.07, 6.45) is -0.0595. The van der Waals surface area contributed by atoms with Crippen LogP contribution in [0.25, 0.3) is 13.2 Å². The zero-order valence-electron chi connectivity index (χ0n) is 12.8. The molecular weight excluding hydrogens is 246 g/mol. The molecule has 0 saturated heterocycles. The Morgan fingerprint density at radius 1 is 1.05 bits per heavy atom. The first-order valence-electron chi connectivity index (χ1n) is 6.88. The summed E-state index contributed by atoms with van der Waals surface area (Å²) in [5, 5.41) is 5.27. The standard InChI is InChI=1S/C18H23NO/c1-12-10-8-7-9-11-15-16(14(3)13(12)2)19-17(20-15)18(4,5)6/h7-11,17,19H,2-3H2,1,4-6H3. The van der Waals surface area contributed by atoms with E-state index in [9.17, 15) is 0 Å². The maximum absolute atomic E-state index is 6.04. The van der Waals surface area contributed by atoms with Gasteiger partial charge in [0.1, 0.15) is 5.75 Å². The molecule has 1 unspecified atom stereocenters. The van der Waals surface area contributed by atoms with E-state index in [2.05, 4.69) is 39.2 Å². The lowest BCUT2D eigenvalue weighted by Crippen LogP contribution is -2.36. The number of anilines is 1. The minimum Gasteiger partial charge on any atom is -0.468 e. The molecular formula is C18H23NO. The summed E-state index contributed by atoms with van der Waals surface area (Å²) in [7, 11) is 0. The Kier molecular flexibility index (Phi) is 3.76. The van der Waals surface area contributed by atoms with Gasteiger partial charge in [0.2, 0.25) is 0 Å². The summed E-state index contributed by atoms with van der Waals surface area (Å²) in [6, 6.07) is 9.98. The monoisotopic (exact) mass is 269 g/mol. The third-order valence-electron chi connectivity index (χ3n) is 3.51. The van der Waals surface area contributed by atoms with Crippen molar-refractivity contribution in [3.8, 4) is 5.75 Å². The minimum atomic E-state index is -0.0595. The number of fused-ring (bicyclic) bond motifs is 1. The molecule has 0 radical (unpaired) electrons. The van der Waals surface area contributed by atoms with E-state index in [-0.39, 0.29) is 11.6 Å². The normalized spacial score (nSPS) is 16.7. The Bertz CT molecular complexity index is 669. The summed E-state index contributed by atoms with van der Waals surface area (Å²) in [5.74, 6) is 0.829. The highest BCUT2D eigenvalue weighted by Crippen LogP contribution is 2.34. The van der Waals surface area contributed by atoms with Gasteiger partial charge in [-0.2, -0.15) is 0 Å². The smallest absolute Gasteiger partial charge is 0.175 e. The van der Waals surface area contributed by atoms with Crippen molar-refractivity contribution >= 4 is 18.8 Å². The van der Waals surface area contributed by atoms with Crippen LogP contribution in [0.3, 0.4) is 0 Å². The van der Waals surface area contributed by atoms with Crippen LogP contribution >= 0.6 is 0 Å². The Balaban J connectivity index is 2.70. The highest BCUT2D eigenvalue weighted by atomic mass is 16.5. The van der Waals surface area contributed by atoms with Crippen molar-refractivity contribution in [3.05, 3.63) is 46.3 Å². The van der Waals surface area contributed by atoms with Gasteiger partial charge in [0.25, 0.3) is 0 Å². The largest absolute Gasteiger partial charge is 0.468 e. The van der Waals surface area contributed by atoms with Gasteiger partial charge in [0.15, 0.2) is 6.23 Å². The molecule has 1 atom stereocenters. The molecule has 1 heterocycles. The van der Waals surface area contributed by atoms with E-state index in [1.807, 2.05) is 37.3 Å². The van der Waals surface area contributed by atoms with E-state index in [0.29, 0.717) is 0 Å². The molecule has 2 rings (SSSR count). The van der Waals surface area contributed by atoms with E-state index in [1.165, 1.54) is 0 Å². The van der Waals surface area contributed by atoms with Gasteiger partial charge in [-0.1, -0.05) is 58.2 Å². The van der Waals surface area contributed by atoms with Gasteiger partial charge >= 0.3 is 0 Å². The zero-order valence-corrected chi connectivity index (χ0v) is 12.8. The molecule has 0 saturated carbocycles. The molecule has 0 bridgehead atoms. The highest BCUT2D eigenvalue weighted by molar-refractivity contribution is 5.60. The fourth-order valence-electron chi connectivity index (χ4n) is 2.07. The first-order chi connectivity index (χ1) is 9.30. The number of aryl methyl sites for hydroxylation is 1. The number of ether oxygens (including phenoxy) is 1. The lowest BCUT2D eigenvalue weighted by Gasteiger charge is -2.26. The summed E-state index contributed by atoms with van der Waals surface area (Å²) < 4.78 is 6.04. The maximum atomic E-state index is 6.04. The highest BCUT2D eigenvalue weighted by Gasteiger charge is 2.32. The summed E-state index contributed by atoms with van der Waals surface area (Å²) >= 11 is 0. The Morgan fingerprint density at radius 3 is 2.35 bits per heavy atom. The van der Waals surface area contributed by atoms with Gasteiger partial charge in [0, 0.05) is 10.6 Å². The first kappa shape index (κ1) is 14.4. The molecule has 1 aromatic carbocycles. The second kappa shape index (κ2) is 5.20. The number of rotatable bonds is 0. The lowest BCUT2D eigenvalue weighted by molar-refractivity contribution is 0.127. The Labute approximate surface area is 121 Å². The fraction of sp³-hybridized carbons (Fsp3) is 0.333. The van der Waals surface area contributed by atoms with Crippen LogP contribution in [0.4, 0.5) is 5.69 Å². The van der Waals surface area contributed by atoms with Crippen molar-refractivity contribution in [1.29, 1.82) is 0 Å². The molecule has 20 heavy (non-hydrogen) atoms. The van der Waals surface area contributed by atoms with Gasteiger partial charge in [-0.25, -0.2) is 0 Å². The topological polar surface area (TPSA) is 21.3 Å². The lowest BCUT2D eigenvalue weighted by atomic mass is 9.94. The average molecular weight is 269 g/mol.